The molecule has 0 aliphatic carbocycles. The first-order valence-corrected chi connectivity index (χ1v) is 7.96. The Morgan fingerprint density at radius 3 is 2.79 bits per heavy atom. The van der Waals surface area contributed by atoms with Crippen LogP contribution < -0.4 is 5.32 Å². The van der Waals surface area contributed by atoms with E-state index in [0.29, 0.717) is 6.04 Å². The van der Waals surface area contributed by atoms with E-state index in [0.717, 1.165) is 39.1 Å². The molecule has 1 aliphatic rings. The first kappa shape index (κ1) is 14.9. The van der Waals surface area contributed by atoms with Gasteiger partial charge in [0.25, 0.3) is 0 Å². The Hall–Kier alpha value is -0.490. The van der Waals surface area contributed by atoms with Crippen LogP contribution in [0.1, 0.15) is 25.1 Å². The molecule has 0 bridgehead atoms. The fourth-order valence-corrected chi connectivity index (χ4v) is 3.58. The summed E-state index contributed by atoms with van der Waals surface area (Å²) in [5, 5.41) is 3.53. The molecule has 108 valence electrons. The van der Waals surface area contributed by atoms with Crippen LogP contribution in [0.2, 0.25) is 0 Å². The summed E-state index contributed by atoms with van der Waals surface area (Å²) in [7, 11) is 2.07. The molecule has 19 heavy (non-hydrogen) atoms. The normalized spacial score (nSPS) is 22.1. The molecular weight excluding hydrogens is 258 g/mol. The van der Waals surface area contributed by atoms with E-state index in [-0.39, 0.29) is 5.54 Å². The third-order valence-electron chi connectivity index (χ3n) is 4.44. The lowest BCUT2D eigenvalue weighted by molar-refractivity contribution is -0.0312. The minimum atomic E-state index is 0.169. The smallest absolute Gasteiger partial charge is 0.0794 e. The quantitative estimate of drug-likeness (QED) is 0.863. The molecular formula is C14H25N3OS. The number of nitrogens with zero attached hydrogens (tertiary/aromatic N) is 2. The average Bonchev–Trinajstić information content (AvgIpc) is 2.98. The van der Waals surface area contributed by atoms with Crippen molar-refractivity contribution in [3.05, 3.63) is 16.6 Å². The molecule has 1 saturated heterocycles. The monoisotopic (exact) mass is 283 g/mol. The molecule has 0 aromatic carbocycles. The summed E-state index contributed by atoms with van der Waals surface area (Å²) < 4.78 is 5.49. The van der Waals surface area contributed by atoms with Crippen molar-refractivity contribution in [3.8, 4) is 0 Å². The van der Waals surface area contributed by atoms with Gasteiger partial charge in [-0.25, -0.2) is 0 Å². The number of thiazole rings is 1. The molecule has 0 radical (unpaired) electrons. The second-order valence-corrected chi connectivity index (χ2v) is 6.29. The second-order valence-electron chi connectivity index (χ2n) is 5.32. The maximum Gasteiger partial charge on any atom is 0.0794 e. The van der Waals surface area contributed by atoms with Gasteiger partial charge in [-0.1, -0.05) is 6.92 Å². The fourth-order valence-electron chi connectivity index (χ4n) is 2.94. The van der Waals surface area contributed by atoms with Crippen LogP contribution in [0, 0.1) is 0 Å². The maximum atomic E-state index is 5.49. The lowest BCUT2D eigenvalue weighted by atomic mass is 9.84. The van der Waals surface area contributed by atoms with Crippen LogP contribution >= 0.6 is 11.3 Å². The van der Waals surface area contributed by atoms with Crippen molar-refractivity contribution in [2.75, 3.05) is 33.4 Å². The summed E-state index contributed by atoms with van der Waals surface area (Å²) in [6.07, 6.45) is 4.17. The zero-order valence-corrected chi connectivity index (χ0v) is 13.0. The van der Waals surface area contributed by atoms with Gasteiger partial charge in [0.2, 0.25) is 0 Å². The van der Waals surface area contributed by atoms with E-state index in [1.807, 2.05) is 11.7 Å². The molecule has 1 aliphatic heterocycles. The Labute approximate surface area is 120 Å². The van der Waals surface area contributed by atoms with Crippen molar-refractivity contribution < 1.29 is 4.74 Å². The molecule has 1 N–H and O–H groups in total. The van der Waals surface area contributed by atoms with Crippen LogP contribution in [0.15, 0.2) is 11.7 Å². The summed E-state index contributed by atoms with van der Waals surface area (Å²) in [6, 6.07) is 0.441. The lowest BCUT2D eigenvalue weighted by Gasteiger charge is -2.47. The van der Waals surface area contributed by atoms with Gasteiger partial charge in [0.1, 0.15) is 0 Å². The largest absolute Gasteiger partial charge is 0.379 e. The van der Waals surface area contributed by atoms with E-state index in [1.54, 1.807) is 11.3 Å². The number of hydrogen-bond acceptors (Lipinski definition) is 5. The highest BCUT2D eigenvalue weighted by Gasteiger charge is 2.38. The van der Waals surface area contributed by atoms with Crippen LogP contribution in [0.5, 0.6) is 0 Å². The first-order valence-electron chi connectivity index (χ1n) is 7.08. The number of hydrogen-bond donors (Lipinski definition) is 1. The fraction of sp³-hybridized carbons (Fsp3) is 0.786. The van der Waals surface area contributed by atoms with E-state index >= 15 is 0 Å². The summed E-state index contributed by atoms with van der Waals surface area (Å²) in [5.41, 5.74) is 2.09. The van der Waals surface area contributed by atoms with Gasteiger partial charge in [0, 0.05) is 42.2 Å². The number of likely N-dealkylation sites (N-methyl/N-ethyl adjacent to an activating group) is 1. The Bertz CT molecular complexity index is 365. The van der Waals surface area contributed by atoms with Crippen molar-refractivity contribution in [2.45, 2.75) is 38.3 Å². The SMILES string of the molecule is CCC(C)(C(Cc1cncs1)NC)N1CCOCC1. The van der Waals surface area contributed by atoms with Gasteiger partial charge in [0.05, 0.1) is 18.7 Å². The van der Waals surface area contributed by atoms with Crippen LogP contribution in [0.4, 0.5) is 0 Å². The number of nitrogens with one attached hydrogen (secondary N) is 1. The van der Waals surface area contributed by atoms with E-state index in [1.165, 1.54) is 4.88 Å². The number of ether oxygens (including phenoxy) is 1. The van der Waals surface area contributed by atoms with Crippen LogP contribution in [0.25, 0.3) is 0 Å². The average molecular weight is 283 g/mol. The van der Waals surface area contributed by atoms with Gasteiger partial charge in [-0.2, -0.15) is 0 Å². The standard InChI is InChI=1S/C14H25N3OS/c1-4-14(2,17-5-7-18-8-6-17)13(15-3)9-12-10-16-11-19-12/h10-11,13,15H,4-9H2,1-3H3. The van der Waals surface area contributed by atoms with Crippen molar-refractivity contribution in [3.63, 3.8) is 0 Å². The Morgan fingerprint density at radius 2 is 2.26 bits per heavy atom. The number of rotatable bonds is 6. The second kappa shape index (κ2) is 6.79. The van der Waals surface area contributed by atoms with Gasteiger partial charge in [-0.3, -0.25) is 9.88 Å². The minimum Gasteiger partial charge on any atom is -0.379 e. The lowest BCUT2D eigenvalue weighted by Crippen LogP contribution is -2.61. The highest BCUT2D eigenvalue weighted by molar-refractivity contribution is 7.09. The molecule has 0 amide bonds. The van der Waals surface area contributed by atoms with Crippen LogP contribution in [-0.2, 0) is 11.2 Å². The van der Waals surface area contributed by atoms with Gasteiger partial charge in [-0.15, -0.1) is 11.3 Å². The van der Waals surface area contributed by atoms with E-state index in [2.05, 4.69) is 36.1 Å². The van der Waals surface area contributed by atoms with E-state index in [9.17, 15) is 0 Å². The first-order chi connectivity index (χ1) is 9.20. The molecule has 2 atom stereocenters. The molecule has 0 saturated carbocycles. The Balaban J connectivity index is 2.11. The predicted octanol–water partition coefficient (Wildman–Crippen LogP) is 1.77. The molecule has 2 rings (SSSR count). The highest BCUT2D eigenvalue weighted by atomic mass is 32.1. The van der Waals surface area contributed by atoms with Crippen molar-refractivity contribution in [2.24, 2.45) is 0 Å². The number of aromatic nitrogens is 1. The molecule has 1 fully saturated rings. The predicted molar refractivity (Wildman–Crippen MR) is 79.8 cm³/mol. The molecule has 2 unspecified atom stereocenters. The molecule has 1 aromatic heterocycles. The zero-order chi connectivity index (χ0) is 13.7. The highest BCUT2D eigenvalue weighted by Crippen LogP contribution is 2.27. The van der Waals surface area contributed by atoms with Gasteiger partial charge in [-0.05, 0) is 20.4 Å². The van der Waals surface area contributed by atoms with Crippen LogP contribution in [-0.4, -0.2) is 54.8 Å². The van der Waals surface area contributed by atoms with Crippen molar-refractivity contribution in [1.82, 2.24) is 15.2 Å². The molecule has 2 heterocycles. The summed E-state index contributed by atoms with van der Waals surface area (Å²) in [4.78, 5) is 8.12. The van der Waals surface area contributed by atoms with Gasteiger partial charge < -0.3 is 10.1 Å². The van der Waals surface area contributed by atoms with Crippen molar-refractivity contribution >= 4 is 11.3 Å². The van der Waals surface area contributed by atoms with Crippen LogP contribution in [0.3, 0.4) is 0 Å². The topological polar surface area (TPSA) is 37.4 Å². The van der Waals surface area contributed by atoms with E-state index < -0.39 is 0 Å². The van der Waals surface area contributed by atoms with Crippen molar-refractivity contribution in [1.29, 1.82) is 0 Å². The van der Waals surface area contributed by atoms with E-state index in [4.69, 9.17) is 4.74 Å². The van der Waals surface area contributed by atoms with Gasteiger partial charge in [0.15, 0.2) is 0 Å². The minimum absolute atomic E-state index is 0.169. The van der Waals surface area contributed by atoms with Gasteiger partial charge >= 0.3 is 0 Å². The molecule has 5 heteroatoms. The summed E-state index contributed by atoms with van der Waals surface area (Å²) in [5.74, 6) is 0. The summed E-state index contributed by atoms with van der Waals surface area (Å²) >= 11 is 1.75. The molecule has 4 nitrogen and oxygen atoms in total. The molecule has 1 aromatic rings. The molecule has 0 spiro atoms. The number of morpholine rings is 1. The summed E-state index contributed by atoms with van der Waals surface area (Å²) in [6.45, 7) is 8.43. The zero-order valence-electron chi connectivity index (χ0n) is 12.2. The Morgan fingerprint density at radius 1 is 1.53 bits per heavy atom. The Kier molecular flexibility index (Phi) is 5.33. The third-order valence-corrected chi connectivity index (χ3v) is 5.24. The third kappa shape index (κ3) is 3.34. The maximum absolute atomic E-state index is 5.49.